The third-order valence-corrected chi connectivity index (χ3v) is 4.09. The first-order chi connectivity index (χ1) is 9.69. The van der Waals surface area contributed by atoms with Crippen LogP contribution < -0.4 is 0 Å². The molecule has 3 rings (SSSR count). The molecule has 1 amide bonds. The van der Waals surface area contributed by atoms with Gasteiger partial charge in [-0.25, -0.2) is 4.68 Å². The summed E-state index contributed by atoms with van der Waals surface area (Å²) in [6.45, 7) is 5.63. The molecule has 0 spiro atoms. The highest BCUT2D eigenvalue weighted by Gasteiger charge is 2.24. The fourth-order valence-electron chi connectivity index (χ4n) is 2.90. The lowest BCUT2D eigenvalue weighted by Crippen LogP contribution is -2.38. The van der Waals surface area contributed by atoms with Crippen LogP contribution in [0.25, 0.3) is 11.0 Å². The molecule has 2 aromatic rings. The van der Waals surface area contributed by atoms with Gasteiger partial charge >= 0.3 is 0 Å². The Kier molecular flexibility index (Phi) is 3.42. The van der Waals surface area contributed by atoms with E-state index in [4.69, 9.17) is 0 Å². The number of benzene rings is 1. The number of likely N-dealkylation sites (tertiary alicyclic amines) is 1. The van der Waals surface area contributed by atoms with E-state index in [1.807, 2.05) is 16.5 Å². The fraction of sp³-hybridized carbons (Fsp3) is 0.533. The molecule has 1 aliphatic rings. The molecule has 0 N–H and O–H groups in total. The Morgan fingerprint density at radius 3 is 2.80 bits per heavy atom. The zero-order valence-corrected chi connectivity index (χ0v) is 12.0. The summed E-state index contributed by atoms with van der Waals surface area (Å²) in [5.41, 5.74) is 3.25. The predicted molar refractivity (Wildman–Crippen MR) is 77.4 cm³/mol. The number of hydrogen-bond acceptors (Lipinski definition) is 3. The fourth-order valence-corrected chi connectivity index (χ4v) is 2.90. The first kappa shape index (κ1) is 13.1. The second-order valence-corrected chi connectivity index (χ2v) is 5.49. The van der Waals surface area contributed by atoms with E-state index in [1.54, 1.807) is 0 Å². The van der Waals surface area contributed by atoms with Crippen LogP contribution in [-0.2, 0) is 4.79 Å². The van der Waals surface area contributed by atoms with Crippen LogP contribution in [0.2, 0.25) is 0 Å². The number of aryl methyl sites for hydroxylation is 1. The summed E-state index contributed by atoms with van der Waals surface area (Å²) < 4.78 is 2.03. The van der Waals surface area contributed by atoms with Gasteiger partial charge in [-0.15, -0.1) is 5.10 Å². The van der Waals surface area contributed by atoms with Gasteiger partial charge in [0.25, 0.3) is 0 Å². The summed E-state index contributed by atoms with van der Waals surface area (Å²) in [5.74, 6) is 0.252. The Morgan fingerprint density at radius 2 is 2.10 bits per heavy atom. The normalized spacial score (nSPS) is 16.8. The lowest BCUT2D eigenvalue weighted by atomic mass is 10.0. The van der Waals surface area contributed by atoms with E-state index >= 15 is 0 Å². The Labute approximate surface area is 118 Å². The maximum atomic E-state index is 11.7. The Morgan fingerprint density at radius 1 is 1.35 bits per heavy atom. The number of carbonyl (C=O) groups is 1. The van der Waals surface area contributed by atoms with E-state index in [-0.39, 0.29) is 5.91 Å². The van der Waals surface area contributed by atoms with Gasteiger partial charge in [0.2, 0.25) is 5.91 Å². The molecule has 5 heteroatoms. The van der Waals surface area contributed by atoms with E-state index < -0.39 is 0 Å². The van der Waals surface area contributed by atoms with Crippen LogP contribution >= 0.6 is 0 Å². The molecule has 106 valence electrons. The maximum absolute atomic E-state index is 11.7. The average Bonchev–Trinajstić information content (AvgIpc) is 2.89. The number of aromatic nitrogens is 3. The second-order valence-electron chi connectivity index (χ2n) is 5.49. The number of rotatable bonds is 2. The van der Waals surface area contributed by atoms with Crippen LogP contribution in [0.5, 0.6) is 0 Å². The van der Waals surface area contributed by atoms with E-state index in [1.165, 1.54) is 5.56 Å². The molecule has 20 heavy (non-hydrogen) atoms. The quantitative estimate of drug-likeness (QED) is 0.843. The summed E-state index contributed by atoms with van der Waals surface area (Å²) >= 11 is 0. The molecule has 1 aromatic carbocycles. The Hall–Kier alpha value is -1.91. The van der Waals surface area contributed by atoms with Crippen molar-refractivity contribution in [1.29, 1.82) is 0 Å². The number of fused-ring (bicyclic) bond motifs is 1. The third-order valence-electron chi connectivity index (χ3n) is 4.09. The number of amides is 1. The van der Waals surface area contributed by atoms with Crippen LogP contribution in [0.4, 0.5) is 0 Å². The van der Waals surface area contributed by atoms with Gasteiger partial charge in [0.05, 0.1) is 11.6 Å². The van der Waals surface area contributed by atoms with Crippen LogP contribution in [-0.4, -0.2) is 38.9 Å². The molecule has 5 nitrogen and oxygen atoms in total. The summed E-state index contributed by atoms with van der Waals surface area (Å²) in [4.78, 5) is 13.7. The highest BCUT2D eigenvalue weighted by atomic mass is 16.2. The highest BCUT2D eigenvalue weighted by Crippen LogP contribution is 2.25. The standard InChI is InChI=1S/C15H20N4O/c1-3-15(20)18-8-6-12(7-9-18)19-14-5-4-11(2)10-13(14)16-17-19/h4-5,10,12H,3,6-9H2,1-2H3. The Bertz CT molecular complexity index is 626. The van der Waals surface area contributed by atoms with Crippen molar-refractivity contribution in [3.8, 4) is 0 Å². The predicted octanol–water partition coefficient (Wildman–Crippen LogP) is 2.31. The molecule has 0 unspecified atom stereocenters. The van der Waals surface area contributed by atoms with E-state index in [2.05, 4.69) is 35.4 Å². The van der Waals surface area contributed by atoms with Crippen molar-refractivity contribution in [1.82, 2.24) is 19.9 Å². The minimum absolute atomic E-state index is 0.252. The van der Waals surface area contributed by atoms with Gasteiger partial charge in [-0.1, -0.05) is 18.2 Å². The van der Waals surface area contributed by atoms with E-state index in [0.717, 1.165) is 37.0 Å². The topological polar surface area (TPSA) is 51.0 Å². The largest absolute Gasteiger partial charge is 0.343 e. The average molecular weight is 272 g/mol. The molecule has 1 aliphatic heterocycles. The third kappa shape index (κ3) is 2.28. The minimum atomic E-state index is 0.252. The maximum Gasteiger partial charge on any atom is 0.222 e. The van der Waals surface area contributed by atoms with Crippen molar-refractivity contribution in [2.75, 3.05) is 13.1 Å². The molecule has 1 saturated heterocycles. The van der Waals surface area contributed by atoms with Crippen molar-refractivity contribution < 1.29 is 4.79 Å². The van der Waals surface area contributed by atoms with Gasteiger partial charge in [0, 0.05) is 19.5 Å². The van der Waals surface area contributed by atoms with Gasteiger partial charge in [-0.05, 0) is 37.5 Å². The van der Waals surface area contributed by atoms with Crippen molar-refractivity contribution >= 4 is 16.9 Å². The smallest absolute Gasteiger partial charge is 0.222 e. The summed E-state index contributed by atoms with van der Waals surface area (Å²) in [6, 6.07) is 6.60. The van der Waals surface area contributed by atoms with Gasteiger partial charge in [-0.3, -0.25) is 4.79 Å². The van der Waals surface area contributed by atoms with E-state index in [9.17, 15) is 4.79 Å². The lowest BCUT2D eigenvalue weighted by Gasteiger charge is -2.31. The van der Waals surface area contributed by atoms with Crippen LogP contribution in [0.3, 0.4) is 0 Å². The summed E-state index contributed by atoms with van der Waals surface area (Å²) in [5, 5.41) is 8.57. The first-order valence-corrected chi connectivity index (χ1v) is 7.28. The van der Waals surface area contributed by atoms with Crippen molar-refractivity contribution in [3.63, 3.8) is 0 Å². The molecule has 0 saturated carbocycles. The van der Waals surface area contributed by atoms with E-state index in [0.29, 0.717) is 12.5 Å². The molecular weight excluding hydrogens is 252 g/mol. The number of carbonyl (C=O) groups excluding carboxylic acids is 1. The van der Waals surface area contributed by atoms with Crippen molar-refractivity contribution in [2.45, 2.75) is 39.2 Å². The molecule has 0 radical (unpaired) electrons. The summed E-state index contributed by atoms with van der Waals surface area (Å²) in [7, 11) is 0. The van der Waals surface area contributed by atoms with Crippen LogP contribution in [0, 0.1) is 6.92 Å². The minimum Gasteiger partial charge on any atom is -0.343 e. The van der Waals surface area contributed by atoms with Crippen molar-refractivity contribution in [2.24, 2.45) is 0 Å². The zero-order valence-electron chi connectivity index (χ0n) is 12.0. The summed E-state index contributed by atoms with van der Waals surface area (Å²) in [6.07, 6.45) is 2.51. The van der Waals surface area contributed by atoms with Crippen LogP contribution in [0.1, 0.15) is 37.8 Å². The molecule has 0 atom stereocenters. The molecule has 1 fully saturated rings. The Balaban J connectivity index is 1.78. The van der Waals surface area contributed by atoms with Gasteiger partial charge in [0.1, 0.15) is 5.52 Å². The lowest BCUT2D eigenvalue weighted by molar-refractivity contribution is -0.132. The number of hydrogen-bond donors (Lipinski definition) is 0. The second kappa shape index (κ2) is 5.23. The van der Waals surface area contributed by atoms with Gasteiger partial charge in [-0.2, -0.15) is 0 Å². The van der Waals surface area contributed by atoms with Crippen molar-refractivity contribution in [3.05, 3.63) is 23.8 Å². The molecular formula is C15H20N4O. The molecule has 0 bridgehead atoms. The van der Waals surface area contributed by atoms with Crippen LogP contribution in [0.15, 0.2) is 18.2 Å². The molecule has 0 aliphatic carbocycles. The number of piperidine rings is 1. The molecule has 2 heterocycles. The van der Waals surface area contributed by atoms with Gasteiger partial charge < -0.3 is 4.90 Å². The zero-order chi connectivity index (χ0) is 14.1. The molecule has 1 aromatic heterocycles. The highest BCUT2D eigenvalue weighted by molar-refractivity contribution is 5.76. The SMILES string of the molecule is CCC(=O)N1CCC(n2nnc3cc(C)ccc32)CC1. The monoisotopic (exact) mass is 272 g/mol. The number of nitrogens with zero attached hydrogens (tertiary/aromatic N) is 4. The first-order valence-electron chi connectivity index (χ1n) is 7.28. The van der Waals surface area contributed by atoms with Gasteiger partial charge in [0.15, 0.2) is 0 Å².